The molecule has 4 fully saturated rings. The number of hydrogen-bond donors (Lipinski definition) is 7. The van der Waals surface area contributed by atoms with Crippen LogP contribution in [-0.4, -0.2) is 131 Å². The number of piperidine rings is 2. The predicted octanol–water partition coefficient (Wildman–Crippen LogP) is 7.06. The molecule has 67 heavy (non-hydrogen) atoms. The average Bonchev–Trinajstić information content (AvgIpc) is 3.33. The Labute approximate surface area is 413 Å². The van der Waals surface area contributed by atoms with Gasteiger partial charge < -0.3 is 56.7 Å². The van der Waals surface area contributed by atoms with Crippen LogP contribution in [-0.2, 0) is 22.6 Å². The van der Waals surface area contributed by atoms with Crippen molar-refractivity contribution in [2.24, 2.45) is 29.4 Å². The lowest BCUT2D eigenvalue weighted by molar-refractivity contribution is 0.0547. The molecular formula is C50H84Cl2N8O7. The first-order valence-electron chi connectivity index (χ1n) is 24.5. The highest BCUT2D eigenvalue weighted by Gasteiger charge is 2.31. The molecule has 2 saturated heterocycles. The fraction of sp³-hybridized carbons (Fsp3) is 0.680. The number of carbonyl (C=O) groups excluding carboxylic acids is 3. The number of aromatic carboxylic acids is 1. The highest BCUT2D eigenvalue weighted by Crippen LogP contribution is 2.29. The number of urea groups is 2. The number of halogens is 2. The van der Waals surface area contributed by atoms with E-state index in [4.69, 9.17) is 20.3 Å². The van der Waals surface area contributed by atoms with Crippen LogP contribution in [0.4, 0.5) is 9.59 Å². The maximum Gasteiger partial charge on any atom is 0.335 e. The van der Waals surface area contributed by atoms with E-state index in [0.717, 1.165) is 75.4 Å². The maximum atomic E-state index is 12.9. The van der Waals surface area contributed by atoms with Crippen LogP contribution in [0.3, 0.4) is 0 Å². The molecule has 17 heteroatoms. The second-order valence-electron chi connectivity index (χ2n) is 18.3. The van der Waals surface area contributed by atoms with Crippen molar-refractivity contribution in [3.63, 3.8) is 0 Å². The maximum absolute atomic E-state index is 12.9. The van der Waals surface area contributed by atoms with Gasteiger partial charge in [0.05, 0.1) is 18.8 Å². The minimum absolute atomic E-state index is 0. The van der Waals surface area contributed by atoms with E-state index >= 15 is 0 Å². The molecule has 6 rings (SSSR count). The molecule has 0 bridgehead atoms. The number of amides is 5. The molecule has 0 radical (unpaired) electrons. The summed E-state index contributed by atoms with van der Waals surface area (Å²) in [6, 6.07) is 14.0. The molecule has 2 aromatic carbocycles. The smallest absolute Gasteiger partial charge is 0.335 e. The number of carboxylic acids is 1. The van der Waals surface area contributed by atoms with Gasteiger partial charge in [0.1, 0.15) is 0 Å². The molecule has 2 heterocycles. The number of nitrogens with one attached hydrogen (secondary N) is 5. The van der Waals surface area contributed by atoms with Gasteiger partial charge in [-0.05, 0) is 137 Å². The van der Waals surface area contributed by atoms with E-state index in [1.807, 2.05) is 24.3 Å². The summed E-state index contributed by atoms with van der Waals surface area (Å²) >= 11 is 0. The number of hydrogen-bond acceptors (Lipinski definition) is 9. The number of benzene rings is 2. The molecule has 6 atom stereocenters. The van der Waals surface area contributed by atoms with Crippen LogP contribution in [0.1, 0.15) is 123 Å². The van der Waals surface area contributed by atoms with Crippen molar-refractivity contribution in [1.82, 2.24) is 36.4 Å². The summed E-state index contributed by atoms with van der Waals surface area (Å²) in [5, 5.41) is 22.3. The van der Waals surface area contributed by atoms with Crippen LogP contribution in [0.15, 0.2) is 48.5 Å². The van der Waals surface area contributed by atoms with Crippen molar-refractivity contribution in [2.75, 3.05) is 79.8 Å². The van der Waals surface area contributed by atoms with Gasteiger partial charge in [-0.2, -0.15) is 0 Å². The Morgan fingerprint density at radius 2 is 1.07 bits per heavy atom. The number of carbonyl (C=O) groups is 4. The van der Waals surface area contributed by atoms with Gasteiger partial charge in [0.15, 0.2) is 0 Å². The van der Waals surface area contributed by atoms with Crippen molar-refractivity contribution in [3.05, 3.63) is 70.8 Å². The van der Waals surface area contributed by atoms with Crippen LogP contribution in [0, 0.1) is 23.7 Å². The number of nitrogens with two attached hydrogens (primary N) is 1. The number of carboxylic acid groups (broad SMARTS) is 1. The summed E-state index contributed by atoms with van der Waals surface area (Å²) in [6.45, 7) is 15.5. The molecule has 0 spiro atoms. The van der Waals surface area contributed by atoms with Crippen molar-refractivity contribution in [2.45, 2.75) is 116 Å². The van der Waals surface area contributed by atoms with E-state index in [1.54, 1.807) is 19.2 Å². The van der Waals surface area contributed by atoms with E-state index < -0.39 is 5.97 Å². The molecule has 0 aromatic heterocycles. The van der Waals surface area contributed by atoms with Gasteiger partial charge in [0, 0.05) is 84.2 Å². The third kappa shape index (κ3) is 22.5. The SMILES string of the molecule is CCOC[C@@H]1CCCN(C[C@H]2CCCC[C@@H]2N)C1.CCOC[C@@H]1CCCN(C[C@H]2CCCC[C@@H]2NC(=O)c2ccc(CNC(=O)NC)cc2)C1.CNC(=O)NCc1ccc(C(=O)O)cc1.Cl.Cl. The molecule has 0 unspecified atom stereocenters. The highest BCUT2D eigenvalue weighted by atomic mass is 35.5. The highest BCUT2D eigenvalue weighted by molar-refractivity contribution is 5.94. The molecule has 8 N–H and O–H groups in total. The topological polar surface area (TPSA) is 200 Å². The first kappa shape index (κ1) is 59.4. The minimum Gasteiger partial charge on any atom is -0.478 e. The zero-order valence-corrected chi connectivity index (χ0v) is 42.4. The van der Waals surface area contributed by atoms with Gasteiger partial charge in [-0.3, -0.25) is 4.79 Å². The zero-order chi connectivity index (χ0) is 46.8. The fourth-order valence-corrected chi connectivity index (χ4v) is 9.55. The molecule has 2 saturated carbocycles. The Morgan fingerprint density at radius 3 is 1.54 bits per heavy atom. The molecule has 5 amide bonds. The Morgan fingerprint density at radius 1 is 0.627 bits per heavy atom. The van der Waals surface area contributed by atoms with Crippen LogP contribution in [0.5, 0.6) is 0 Å². The molecule has 4 aliphatic rings. The van der Waals surface area contributed by atoms with E-state index in [9.17, 15) is 19.2 Å². The van der Waals surface area contributed by atoms with Crippen LogP contribution in [0.25, 0.3) is 0 Å². The largest absolute Gasteiger partial charge is 0.478 e. The Kier molecular flexibility index (Phi) is 29.9. The number of likely N-dealkylation sites (tertiary alicyclic amines) is 2. The summed E-state index contributed by atoms with van der Waals surface area (Å²) in [5.41, 5.74) is 8.98. The monoisotopic (exact) mass is 979 g/mol. The molecular weight excluding hydrogens is 896 g/mol. The molecule has 2 aliphatic heterocycles. The summed E-state index contributed by atoms with van der Waals surface area (Å²) in [7, 11) is 3.12. The number of rotatable bonds is 17. The first-order valence-corrected chi connectivity index (χ1v) is 24.5. The average molecular weight is 980 g/mol. The molecule has 2 aliphatic carbocycles. The van der Waals surface area contributed by atoms with E-state index in [1.165, 1.54) is 109 Å². The number of nitrogens with zero attached hydrogens (tertiary/aromatic N) is 2. The molecule has 2 aromatic rings. The van der Waals surface area contributed by atoms with Crippen LogP contribution >= 0.6 is 24.8 Å². The quantitative estimate of drug-likeness (QED) is 0.0861. The summed E-state index contributed by atoms with van der Waals surface area (Å²) in [6.07, 6.45) is 15.1. The third-order valence-electron chi connectivity index (χ3n) is 13.3. The van der Waals surface area contributed by atoms with Crippen molar-refractivity contribution in [1.29, 1.82) is 0 Å². The lowest BCUT2D eigenvalue weighted by Crippen LogP contribution is -2.48. The van der Waals surface area contributed by atoms with E-state index in [0.29, 0.717) is 36.5 Å². The zero-order valence-electron chi connectivity index (χ0n) is 40.7. The van der Waals surface area contributed by atoms with Gasteiger partial charge in [-0.15, -0.1) is 24.8 Å². The number of ether oxygens (including phenoxy) is 2. The van der Waals surface area contributed by atoms with Crippen LogP contribution in [0.2, 0.25) is 0 Å². The van der Waals surface area contributed by atoms with Gasteiger partial charge in [-0.25, -0.2) is 14.4 Å². The van der Waals surface area contributed by atoms with Crippen molar-refractivity contribution >= 4 is 48.8 Å². The lowest BCUT2D eigenvalue weighted by atomic mass is 9.83. The second-order valence-corrected chi connectivity index (χ2v) is 18.3. The second kappa shape index (κ2) is 33.7. The summed E-state index contributed by atoms with van der Waals surface area (Å²) in [5.74, 6) is 1.68. The summed E-state index contributed by atoms with van der Waals surface area (Å²) < 4.78 is 11.2. The lowest BCUT2D eigenvalue weighted by Gasteiger charge is -2.39. The van der Waals surface area contributed by atoms with Crippen LogP contribution < -0.4 is 32.3 Å². The predicted molar refractivity (Wildman–Crippen MR) is 271 cm³/mol. The van der Waals surface area contributed by atoms with Crippen molar-refractivity contribution in [3.8, 4) is 0 Å². The van der Waals surface area contributed by atoms with Gasteiger partial charge in [-0.1, -0.05) is 49.9 Å². The van der Waals surface area contributed by atoms with Gasteiger partial charge in [0.2, 0.25) is 0 Å². The standard InChI is InChI=1S/C25H40N4O3.C15H30N2O.C10H12N2O3.2ClH/c1-3-32-18-20-7-6-14-29(16-20)17-22-8-4-5-9-23(22)28-24(30)21-12-10-19(11-13-21)15-27-25(31)26-2;1-2-18-12-13-6-5-9-17(10-13)11-14-7-3-4-8-15(14)16;1-11-10(15)12-6-7-2-4-8(5-3-7)9(13)14;;/h10-13,20,22-23H,3-9,14-18H2,1-2H3,(H,28,30)(H2,26,27,31);13-15H,2-12,16H2,1H3;2-5H,6H2,1H3,(H,13,14)(H2,11,12,15);2*1H/t20-,22-,23+;13-,14-,15+;;;/m11.../s1. The third-order valence-corrected chi connectivity index (χ3v) is 13.3. The molecule has 380 valence electrons. The molecule has 15 nitrogen and oxygen atoms in total. The Bertz CT molecular complexity index is 1700. The van der Waals surface area contributed by atoms with Gasteiger partial charge in [0.25, 0.3) is 5.91 Å². The Balaban J connectivity index is 0.000000373. The van der Waals surface area contributed by atoms with E-state index in [-0.39, 0.29) is 54.4 Å². The van der Waals surface area contributed by atoms with Gasteiger partial charge >= 0.3 is 18.0 Å². The summed E-state index contributed by atoms with van der Waals surface area (Å²) in [4.78, 5) is 50.9. The van der Waals surface area contributed by atoms with Crippen molar-refractivity contribution < 1.29 is 33.8 Å². The first-order chi connectivity index (χ1) is 31.5. The minimum atomic E-state index is -0.958. The normalized spacial score (nSPS) is 22.9. The fourth-order valence-electron chi connectivity index (χ4n) is 9.55. The van der Waals surface area contributed by atoms with E-state index in [2.05, 4.69) is 50.2 Å². The Hall–Kier alpha value is -3.70.